The number of anilines is 1. The summed E-state index contributed by atoms with van der Waals surface area (Å²) in [5.41, 5.74) is 6.72. The van der Waals surface area contributed by atoms with E-state index in [4.69, 9.17) is 5.73 Å². The van der Waals surface area contributed by atoms with Crippen molar-refractivity contribution in [2.24, 2.45) is 0 Å². The van der Waals surface area contributed by atoms with E-state index in [9.17, 15) is 4.79 Å². The number of nitrogen functional groups attached to an aromatic ring is 1. The fourth-order valence-electron chi connectivity index (χ4n) is 1.49. The highest BCUT2D eigenvalue weighted by atomic mass is 32.1. The molecule has 1 unspecified atom stereocenters. The number of carbonyl (C=O) groups excluding carboxylic acids is 1. The Hall–Kier alpha value is -1.88. The van der Waals surface area contributed by atoms with E-state index in [0.717, 1.165) is 5.01 Å². The molecule has 5 heteroatoms. The molecule has 1 heterocycles. The van der Waals surface area contributed by atoms with Gasteiger partial charge in [-0.05, 0) is 19.1 Å². The van der Waals surface area contributed by atoms with Crippen LogP contribution in [0.4, 0.5) is 5.69 Å². The summed E-state index contributed by atoms with van der Waals surface area (Å²) in [4.78, 5) is 16.1. The Labute approximate surface area is 103 Å². The van der Waals surface area contributed by atoms with Crippen LogP contribution in [0.15, 0.2) is 35.8 Å². The molecule has 1 amide bonds. The van der Waals surface area contributed by atoms with E-state index >= 15 is 0 Å². The van der Waals surface area contributed by atoms with Gasteiger partial charge in [0.1, 0.15) is 5.01 Å². The number of hydrogen-bond acceptors (Lipinski definition) is 4. The number of aromatic nitrogens is 1. The van der Waals surface area contributed by atoms with E-state index < -0.39 is 0 Å². The van der Waals surface area contributed by atoms with Gasteiger partial charge >= 0.3 is 0 Å². The molecule has 0 radical (unpaired) electrons. The molecule has 0 aliphatic rings. The lowest BCUT2D eigenvalue weighted by atomic mass is 10.1. The minimum absolute atomic E-state index is 0.109. The van der Waals surface area contributed by atoms with Gasteiger partial charge in [-0.2, -0.15) is 0 Å². The second kappa shape index (κ2) is 4.97. The van der Waals surface area contributed by atoms with Crippen LogP contribution in [0.2, 0.25) is 0 Å². The van der Waals surface area contributed by atoms with E-state index in [1.165, 1.54) is 11.3 Å². The number of carbonyl (C=O) groups is 1. The second-order valence-electron chi connectivity index (χ2n) is 3.65. The lowest BCUT2D eigenvalue weighted by Gasteiger charge is -2.12. The molecule has 0 aliphatic heterocycles. The molecule has 0 saturated carbocycles. The highest BCUT2D eigenvalue weighted by molar-refractivity contribution is 7.09. The van der Waals surface area contributed by atoms with Crippen molar-refractivity contribution in [3.63, 3.8) is 0 Å². The van der Waals surface area contributed by atoms with Crippen molar-refractivity contribution in [3.8, 4) is 0 Å². The Bertz CT molecular complexity index is 510. The zero-order valence-electron chi connectivity index (χ0n) is 9.38. The van der Waals surface area contributed by atoms with Gasteiger partial charge in [0, 0.05) is 17.3 Å². The highest BCUT2D eigenvalue weighted by Gasteiger charge is 2.14. The van der Waals surface area contributed by atoms with Gasteiger partial charge in [-0.3, -0.25) is 4.79 Å². The third-order valence-electron chi connectivity index (χ3n) is 2.37. The van der Waals surface area contributed by atoms with Gasteiger partial charge in [0.25, 0.3) is 5.91 Å². The fourth-order valence-corrected chi connectivity index (χ4v) is 2.13. The van der Waals surface area contributed by atoms with Crippen LogP contribution in [-0.4, -0.2) is 10.9 Å². The number of benzene rings is 1. The van der Waals surface area contributed by atoms with Crippen molar-refractivity contribution in [1.29, 1.82) is 0 Å². The number of rotatable bonds is 3. The van der Waals surface area contributed by atoms with Crippen molar-refractivity contribution < 1.29 is 4.79 Å². The first-order valence-electron chi connectivity index (χ1n) is 5.23. The van der Waals surface area contributed by atoms with E-state index in [0.29, 0.717) is 11.3 Å². The molecule has 17 heavy (non-hydrogen) atoms. The average molecular weight is 247 g/mol. The van der Waals surface area contributed by atoms with Crippen molar-refractivity contribution in [3.05, 3.63) is 46.4 Å². The molecule has 2 aromatic rings. The topological polar surface area (TPSA) is 68.0 Å². The largest absolute Gasteiger partial charge is 0.398 e. The number of para-hydroxylation sites is 1. The zero-order valence-corrected chi connectivity index (χ0v) is 10.2. The summed E-state index contributed by atoms with van der Waals surface area (Å²) in [5, 5.41) is 5.63. The Morgan fingerprint density at radius 2 is 2.24 bits per heavy atom. The first-order chi connectivity index (χ1) is 8.18. The molecule has 0 fully saturated rings. The highest BCUT2D eigenvalue weighted by Crippen LogP contribution is 2.17. The molecular formula is C12H13N3OS. The molecule has 3 N–H and O–H groups in total. The summed E-state index contributed by atoms with van der Waals surface area (Å²) in [6.45, 7) is 1.90. The third kappa shape index (κ3) is 2.62. The van der Waals surface area contributed by atoms with Crippen LogP contribution in [0, 0.1) is 0 Å². The van der Waals surface area contributed by atoms with Gasteiger partial charge in [-0.15, -0.1) is 11.3 Å². The Balaban J connectivity index is 2.10. The smallest absolute Gasteiger partial charge is 0.253 e. The third-order valence-corrected chi connectivity index (χ3v) is 3.33. The molecule has 0 aliphatic carbocycles. The van der Waals surface area contributed by atoms with E-state index in [-0.39, 0.29) is 11.9 Å². The Kier molecular flexibility index (Phi) is 3.39. The van der Waals surface area contributed by atoms with E-state index in [1.54, 1.807) is 30.5 Å². The maximum Gasteiger partial charge on any atom is 0.253 e. The van der Waals surface area contributed by atoms with Crippen molar-refractivity contribution >= 4 is 22.9 Å². The SMILES string of the molecule is CC(NC(=O)c1ccccc1N)c1nccs1. The molecule has 1 aromatic heterocycles. The van der Waals surface area contributed by atoms with Crippen LogP contribution in [0.25, 0.3) is 0 Å². The summed E-state index contributed by atoms with van der Waals surface area (Å²) in [5.74, 6) is -0.175. The lowest BCUT2D eigenvalue weighted by molar-refractivity contribution is 0.0940. The Morgan fingerprint density at radius 1 is 1.47 bits per heavy atom. The molecule has 2 rings (SSSR count). The quantitative estimate of drug-likeness (QED) is 0.817. The predicted molar refractivity (Wildman–Crippen MR) is 68.8 cm³/mol. The van der Waals surface area contributed by atoms with Crippen LogP contribution in [-0.2, 0) is 0 Å². The van der Waals surface area contributed by atoms with Crippen LogP contribution in [0.3, 0.4) is 0 Å². The maximum absolute atomic E-state index is 12.0. The van der Waals surface area contributed by atoms with Gasteiger partial charge in [-0.25, -0.2) is 4.98 Å². The van der Waals surface area contributed by atoms with Crippen LogP contribution in [0.1, 0.15) is 28.3 Å². The van der Waals surface area contributed by atoms with E-state index in [1.807, 2.05) is 12.3 Å². The summed E-state index contributed by atoms with van der Waals surface area (Å²) >= 11 is 1.52. The number of nitrogens with two attached hydrogens (primary N) is 1. The molecule has 1 aromatic carbocycles. The van der Waals surface area contributed by atoms with Crippen molar-refractivity contribution in [2.45, 2.75) is 13.0 Å². The van der Waals surface area contributed by atoms with Gasteiger partial charge in [0.05, 0.1) is 11.6 Å². The minimum atomic E-state index is -0.175. The monoisotopic (exact) mass is 247 g/mol. The summed E-state index contributed by atoms with van der Waals surface area (Å²) in [6.07, 6.45) is 1.72. The summed E-state index contributed by atoms with van der Waals surface area (Å²) in [6, 6.07) is 6.90. The van der Waals surface area contributed by atoms with Gasteiger partial charge in [-0.1, -0.05) is 12.1 Å². The summed E-state index contributed by atoms with van der Waals surface area (Å²) in [7, 11) is 0. The zero-order chi connectivity index (χ0) is 12.3. The molecule has 88 valence electrons. The molecule has 1 atom stereocenters. The molecule has 4 nitrogen and oxygen atoms in total. The second-order valence-corrected chi connectivity index (χ2v) is 4.58. The summed E-state index contributed by atoms with van der Waals surface area (Å²) < 4.78 is 0. The predicted octanol–water partition coefficient (Wildman–Crippen LogP) is 2.22. The van der Waals surface area contributed by atoms with Crippen molar-refractivity contribution in [2.75, 3.05) is 5.73 Å². The number of hydrogen-bond donors (Lipinski definition) is 2. The fraction of sp³-hybridized carbons (Fsp3) is 0.167. The molecule has 0 spiro atoms. The van der Waals surface area contributed by atoms with E-state index in [2.05, 4.69) is 10.3 Å². The molecule has 0 bridgehead atoms. The van der Waals surface area contributed by atoms with Gasteiger partial charge in [0.2, 0.25) is 0 Å². The number of thiazole rings is 1. The minimum Gasteiger partial charge on any atom is -0.398 e. The van der Waals surface area contributed by atoms with Crippen molar-refractivity contribution in [1.82, 2.24) is 10.3 Å². The normalized spacial score (nSPS) is 12.1. The number of nitrogens with one attached hydrogen (secondary N) is 1. The van der Waals surface area contributed by atoms with Crippen LogP contribution >= 0.6 is 11.3 Å². The first-order valence-corrected chi connectivity index (χ1v) is 6.11. The Morgan fingerprint density at radius 3 is 2.88 bits per heavy atom. The maximum atomic E-state index is 12.0. The van der Waals surface area contributed by atoms with Gasteiger partial charge < -0.3 is 11.1 Å². The average Bonchev–Trinajstić information content (AvgIpc) is 2.82. The van der Waals surface area contributed by atoms with Gasteiger partial charge in [0.15, 0.2) is 0 Å². The molecular weight excluding hydrogens is 234 g/mol. The lowest BCUT2D eigenvalue weighted by Crippen LogP contribution is -2.27. The number of amides is 1. The molecule has 0 saturated heterocycles. The standard InChI is InChI=1S/C12H13N3OS/c1-8(12-14-6-7-17-12)15-11(16)9-4-2-3-5-10(9)13/h2-8H,13H2,1H3,(H,15,16). The van der Waals surface area contributed by atoms with Crippen LogP contribution < -0.4 is 11.1 Å². The van der Waals surface area contributed by atoms with Crippen LogP contribution in [0.5, 0.6) is 0 Å². The first kappa shape index (κ1) is 11.6. The number of nitrogens with zero attached hydrogens (tertiary/aromatic N) is 1.